The molecule has 1 fully saturated rings. The first-order chi connectivity index (χ1) is 9.19. The third-order valence-corrected chi connectivity index (χ3v) is 3.23. The smallest absolute Gasteiger partial charge is 0.132 e. The number of benzene rings is 1. The molecule has 0 bridgehead atoms. The number of morpholine rings is 1. The maximum absolute atomic E-state index is 5.97. The van der Waals surface area contributed by atoms with E-state index in [4.69, 9.17) is 18.9 Å². The van der Waals surface area contributed by atoms with Gasteiger partial charge >= 0.3 is 0 Å². The summed E-state index contributed by atoms with van der Waals surface area (Å²) in [6, 6.07) is 3.70. The van der Waals surface area contributed by atoms with Crippen molar-refractivity contribution in [1.29, 1.82) is 0 Å². The van der Waals surface area contributed by atoms with Crippen LogP contribution in [-0.4, -0.2) is 40.5 Å². The van der Waals surface area contributed by atoms with E-state index < -0.39 is 0 Å². The van der Waals surface area contributed by atoms with E-state index in [0.29, 0.717) is 5.75 Å². The van der Waals surface area contributed by atoms with Gasteiger partial charge in [0.25, 0.3) is 0 Å². The van der Waals surface area contributed by atoms with Crippen LogP contribution in [0, 0.1) is 0 Å². The van der Waals surface area contributed by atoms with E-state index in [9.17, 15) is 0 Å². The Balaban J connectivity index is 2.41. The number of rotatable bonds is 4. The van der Waals surface area contributed by atoms with E-state index in [1.165, 1.54) is 0 Å². The van der Waals surface area contributed by atoms with Gasteiger partial charge in [0.1, 0.15) is 23.4 Å². The molecule has 0 saturated carbocycles. The largest absolute Gasteiger partial charge is 0.496 e. The molecule has 2 atom stereocenters. The van der Waals surface area contributed by atoms with E-state index in [2.05, 4.69) is 5.32 Å². The maximum Gasteiger partial charge on any atom is 0.132 e. The zero-order valence-electron chi connectivity index (χ0n) is 11.9. The molecule has 0 amide bonds. The lowest BCUT2D eigenvalue weighted by Crippen LogP contribution is -2.39. The topological polar surface area (TPSA) is 49.0 Å². The predicted molar refractivity (Wildman–Crippen MR) is 72.3 cm³/mol. The normalized spacial score (nSPS) is 22.9. The van der Waals surface area contributed by atoms with Crippen molar-refractivity contribution < 1.29 is 18.9 Å². The Morgan fingerprint density at radius 1 is 1.05 bits per heavy atom. The summed E-state index contributed by atoms with van der Waals surface area (Å²) < 4.78 is 22.1. The van der Waals surface area contributed by atoms with Gasteiger partial charge in [-0.3, -0.25) is 0 Å². The van der Waals surface area contributed by atoms with Crippen molar-refractivity contribution in [3.05, 3.63) is 17.7 Å². The zero-order chi connectivity index (χ0) is 13.8. The quantitative estimate of drug-likeness (QED) is 0.901. The van der Waals surface area contributed by atoms with Crippen molar-refractivity contribution in [2.24, 2.45) is 0 Å². The van der Waals surface area contributed by atoms with Crippen LogP contribution in [0.2, 0.25) is 0 Å². The van der Waals surface area contributed by atoms with E-state index in [-0.39, 0.29) is 12.2 Å². The molecule has 0 spiro atoms. The summed E-state index contributed by atoms with van der Waals surface area (Å²) in [4.78, 5) is 0. The molecule has 1 heterocycles. The van der Waals surface area contributed by atoms with Gasteiger partial charge in [-0.05, 0) is 6.92 Å². The Morgan fingerprint density at radius 3 is 2.16 bits per heavy atom. The van der Waals surface area contributed by atoms with Gasteiger partial charge in [0, 0.05) is 25.2 Å². The van der Waals surface area contributed by atoms with Crippen LogP contribution >= 0.6 is 0 Å². The summed E-state index contributed by atoms with van der Waals surface area (Å²) in [5.41, 5.74) is 0.921. The molecule has 2 rings (SSSR count). The molecule has 1 aliphatic heterocycles. The Hall–Kier alpha value is -1.46. The first-order valence-electron chi connectivity index (χ1n) is 6.35. The monoisotopic (exact) mass is 267 g/mol. The van der Waals surface area contributed by atoms with Crippen LogP contribution in [0.25, 0.3) is 0 Å². The minimum absolute atomic E-state index is 0.0837. The SMILES string of the molecule is COc1cc(OC)c(C2CNCC(C)O2)c(OC)c1. The van der Waals surface area contributed by atoms with Crippen LogP contribution in [0.4, 0.5) is 0 Å². The average Bonchev–Trinajstić information content (AvgIpc) is 2.45. The lowest BCUT2D eigenvalue weighted by molar-refractivity contribution is -0.0306. The Morgan fingerprint density at radius 2 is 1.68 bits per heavy atom. The van der Waals surface area contributed by atoms with Gasteiger partial charge < -0.3 is 24.3 Å². The molecule has 1 aromatic rings. The first-order valence-corrected chi connectivity index (χ1v) is 6.35. The second kappa shape index (κ2) is 6.12. The number of hydrogen-bond donors (Lipinski definition) is 1. The average molecular weight is 267 g/mol. The fraction of sp³-hybridized carbons (Fsp3) is 0.571. The summed E-state index contributed by atoms with van der Waals surface area (Å²) in [5, 5.41) is 3.35. The minimum atomic E-state index is -0.0837. The van der Waals surface area contributed by atoms with Gasteiger partial charge in [-0.2, -0.15) is 0 Å². The molecule has 19 heavy (non-hydrogen) atoms. The second-order valence-electron chi connectivity index (χ2n) is 4.54. The van der Waals surface area contributed by atoms with Crippen LogP contribution in [-0.2, 0) is 4.74 Å². The molecule has 1 N–H and O–H groups in total. The minimum Gasteiger partial charge on any atom is -0.496 e. The molecule has 0 aromatic heterocycles. The molecule has 1 aliphatic rings. The molecule has 1 saturated heterocycles. The molecule has 0 aliphatic carbocycles. The van der Waals surface area contributed by atoms with E-state index in [1.54, 1.807) is 21.3 Å². The highest BCUT2D eigenvalue weighted by Crippen LogP contribution is 2.40. The lowest BCUT2D eigenvalue weighted by atomic mass is 10.0. The lowest BCUT2D eigenvalue weighted by Gasteiger charge is -2.31. The fourth-order valence-corrected chi connectivity index (χ4v) is 2.31. The van der Waals surface area contributed by atoms with Crippen molar-refractivity contribution in [3.8, 4) is 17.2 Å². The van der Waals surface area contributed by atoms with Crippen molar-refractivity contribution in [3.63, 3.8) is 0 Å². The highest BCUT2D eigenvalue weighted by atomic mass is 16.5. The van der Waals surface area contributed by atoms with Crippen LogP contribution in [0.15, 0.2) is 12.1 Å². The van der Waals surface area contributed by atoms with Crippen molar-refractivity contribution in [1.82, 2.24) is 5.32 Å². The standard InChI is InChI=1S/C14H21NO4/c1-9-7-15-8-13(19-9)14-11(17-3)5-10(16-2)6-12(14)18-4/h5-6,9,13,15H,7-8H2,1-4H3. The Kier molecular flexibility index (Phi) is 4.50. The number of ether oxygens (including phenoxy) is 4. The highest BCUT2D eigenvalue weighted by molar-refractivity contribution is 5.52. The highest BCUT2D eigenvalue weighted by Gasteiger charge is 2.27. The summed E-state index contributed by atoms with van der Waals surface area (Å²) >= 11 is 0. The first kappa shape index (κ1) is 14.0. The zero-order valence-corrected chi connectivity index (χ0v) is 11.9. The molecule has 0 radical (unpaired) electrons. The van der Waals surface area contributed by atoms with Gasteiger partial charge in [-0.1, -0.05) is 0 Å². The predicted octanol–water partition coefficient (Wildman–Crippen LogP) is 1.76. The van der Waals surface area contributed by atoms with Crippen LogP contribution < -0.4 is 19.5 Å². The molecule has 2 unspecified atom stereocenters. The summed E-state index contributed by atoms with van der Waals surface area (Å²) in [7, 11) is 4.89. The van der Waals surface area contributed by atoms with Gasteiger partial charge in [0.15, 0.2) is 0 Å². The number of nitrogens with one attached hydrogen (secondary N) is 1. The second-order valence-corrected chi connectivity index (χ2v) is 4.54. The van der Waals surface area contributed by atoms with Crippen molar-refractivity contribution in [2.45, 2.75) is 19.1 Å². The van der Waals surface area contributed by atoms with E-state index in [0.717, 1.165) is 30.2 Å². The Labute approximate surface area is 113 Å². The third-order valence-electron chi connectivity index (χ3n) is 3.23. The van der Waals surface area contributed by atoms with E-state index in [1.807, 2.05) is 19.1 Å². The van der Waals surface area contributed by atoms with Crippen LogP contribution in [0.1, 0.15) is 18.6 Å². The van der Waals surface area contributed by atoms with Crippen LogP contribution in [0.5, 0.6) is 17.2 Å². The summed E-state index contributed by atoms with van der Waals surface area (Å²) in [5.74, 6) is 2.14. The molecule has 1 aromatic carbocycles. The molecular weight excluding hydrogens is 246 g/mol. The van der Waals surface area contributed by atoms with Crippen LogP contribution in [0.3, 0.4) is 0 Å². The van der Waals surface area contributed by atoms with Crippen molar-refractivity contribution in [2.75, 3.05) is 34.4 Å². The third kappa shape index (κ3) is 2.93. The van der Waals surface area contributed by atoms with E-state index >= 15 is 0 Å². The molecule has 106 valence electrons. The number of hydrogen-bond acceptors (Lipinski definition) is 5. The molecule has 5 heteroatoms. The Bertz CT molecular complexity index is 410. The fourth-order valence-electron chi connectivity index (χ4n) is 2.31. The number of methoxy groups -OCH3 is 3. The van der Waals surface area contributed by atoms with Gasteiger partial charge in [-0.15, -0.1) is 0 Å². The molecular formula is C14H21NO4. The summed E-state index contributed by atoms with van der Waals surface area (Å²) in [6.45, 7) is 3.64. The van der Waals surface area contributed by atoms with Gasteiger partial charge in [0.2, 0.25) is 0 Å². The summed E-state index contributed by atoms with van der Waals surface area (Å²) in [6.07, 6.45) is 0.0785. The van der Waals surface area contributed by atoms with Gasteiger partial charge in [0.05, 0.1) is 33.0 Å². The van der Waals surface area contributed by atoms with Gasteiger partial charge in [-0.25, -0.2) is 0 Å². The van der Waals surface area contributed by atoms with Crippen molar-refractivity contribution >= 4 is 0 Å². The maximum atomic E-state index is 5.97. The molecule has 5 nitrogen and oxygen atoms in total.